The van der Waals surface area contributed by atoms with Gasteiger partial charge in [0.2, 0.25) is 5.91 Å². The van der Waals surface area contributed by atoms with Crippen molar-refractivity contribution < 1.29 is 9.90 Å². The van der Waals surface area contributed by atoms with Crippen LogP contribution in [-0.4, -0.2) is 47.7 Å². The summed E-state index contributed by atoms with van der Waals surface area (Å²) in [4.78, 5) is 13.8. The Kier molecular flexibility index (Phi) is 5.22. The summed E-state index contributed by atoms with van der Waals surface area (Å²) in [6, 6.07) is 0.935. The van der Waals surface area contributed by atoms with E-state index in [1.54, 1.807) is 6.92 Å². The fraction of sp³-hybridized carbons (Fsp3) is 0.933. The van der Waals surface area contributed by atoms with E-state index in [-0.39, 0.29) is 18.6 Å². The smallest absolute Gasteiger partial charge is 0.217 e. The molecule has 0 spiro atoms. The summed E-state index contributed by atoms with van der Waals surface area (Å²) in [6.07, 6.45) is 5.74. The molecule has 19 heavy (non-hydrogen) atoms. The Morgan fingerprint density at radius 2 is 2.16 bits per heavy atom. The van der Waals surface area contributed by atoms with E-state index < -0.39 is 0 Å². The number of nitrogens with zero attached hydrogens (tertiary/aromatic N) is 1. The molecule has 1 aliphatic heterocycles. The van der Waals surface area contributed by atoms with Crippen LogP contribution >= 0.6 is 0 Å². The van der Waals surface area contributed by atoms with Gasteiger partial charge in [-0.05, 0) is 50.9 Å². The molecule has 2 rings (SSSR count). The topological polar surface area (TPSA) is 52.6 Å². The number of aliphatic hydroxyl groups excluding tert-OH is 1. The van der Waals surface area contributed by atoms with Gasteiger partial charge >= 0.3 is 0 Å². The number of carbonyl (C=O) groups is 1. The molecule has 0 aromatic rings. The Balaban J connectivity index is 1.91. The minimum Gasteiger partial charge on any atom is -0.396 e. The zero-order valence-electron chi connectivity index (χ0n) is 12.3. The highest BCUT2D eigenvalue weighted by atomic mass is 16.2. The van der Waals surface area contributed by atoms with Gasteiger partial charge in [-0.2, -0.15) is 0 Å². The summed E-state index contributed by atoms with van der Waals surface area (Å²) < 4.78 is 0. The second-order valence-electron chi connectivity index (χ2n) is 6.40. The lowest BCUT2D eigenvalue weighted by atomic mass is 9.89. The minimum atomic E-state index is 0.0758. The minimum absolute atomic E-state index is 0.0758. The molecule has 1 saturated carbocycles. The number of carbonyl (C=O) groups excluding carboxylic acids is 1. The first kappa shape index (κ1) is 14.8. The zero-order chi connectivity index (χ0) is 13.8. The van der Waals surface area contributed by atoms with Crippen LogP contribution in [-0.2, 0) is 4.79 Å². The predicted molar refractivity (Wildman–Crippen MR) is 75.8 cm³/mol. The molecule has 2 N–H and O–H groups in total. The van der Waals surface area contributed by atoms with Gasteiger partial charge in [0.25, 0.3) is 0 Å². The number of aliphatic hydroxyl groups is 1. The van der Waals surface area contributed by atoms with Crippen molar-refractivity contribution in [3.05, 3.63) is 0 Å². The molecular formula is C15H28N2O2. The van der Waals surface area contributed by atoms with Crippen molar-refractivity contribution in [2.75, 3.05) is 19.7 Å². The van der Waals surface area contributed by atoms with Crippen LogP contribution in [0, 0.1) is 11.8 Å². The zero-order valence-corrected chi connectivity index (χ0v) is 12.3. The number of hydrogen-bond acceptors (Lipinski definition) is 3. The lowest BCUT2D eigenvalue weighted by Gasteiger charge is -2.41. The monoisotopic (exact) mass is 268 g/mol. The molecule has 2 fully saturated rings. The van der Waals surface area contributed by atoms with Crippen molar-refractivity contribution >= 4 is 5.91 Å². The predicted octanol–water partition coefficient (Wildman–Crippen LogP) is 1.38. The summed E-state index contributed by atoms with van der Waals surface area (Å²) in [5, 5.41) is 12.1. The maximum absolute atomic E-state index is 11.3. The Morgan fingerprint density at radius 3 is 2.74 bits per heavy atom. The van der Waals surface area contributed by atoms with E-state index in [2.05, 4.69) is 17.1 Å². The fourth-order valence-corrected chi connectivity index (χ4v) is 3.43. The molecule has 1 heterocycles. The van der Waals surface area contributed by atoms with E-state index in [0.717, 1.165) is 38.3 Å². The maximum Gasteiger partial charge on any atom is 0.217 e. The first-order valence-electron chi connectivity index (χ1n) is 7.72. The molecular weight excluding hydrogens is 240 g/mol. The van der Waals surface area contributed by atoms with Crippen molar-refractivity contribution in [2.45, 2.75) is 58.0 Å². The van der Waals surface area contributed by atoms with E-state index in [4.69, 9.17) is 5.11 Å². The first-order chi connectivity index (χ1) is 9.10. The summed E-state index contributed by atoms with van der Waals surface area (Å²) in [5.74, 6) is 1.56. The average Bonchev–Trinajstić information content (AvgIpc) is 3.18. The van der Waals surface area contributed by atoms with Gasteiger partial charge < -0.3 is 10.4 Å². The molecule has 3 unspecified atom stereocenters. The fourth-order valence-electron chi connectivity index (χ4n) is 3.43. The van der Waals surface area contributed by atoms with Gasteiger partial charge in [-0.1, -0.05) is 0 Å². The van der Waals surface area contributed by atoms with Crippen LogP contribution in [0.2, 0.25) is 0 Å². The van der Waals surface area contributed by atoms with E-state index in [9.17, 15) is 4.79 Å². The van der Waals surface area contributed by atoms with E-state index >= 15 is 0 Å². The SMILES string of the molecule is CC(=O)NC1CC(CCCO)CN(C(C)C2CC2)C1. The van der Waals surface area contributed by atoms with Gasteiger partial charge in [-0.25, -0.2) is 0 Å². The highest BCUT2D eigenvalue weighted by Gasteiger charge is 2.36. The molecule has 0 radical (unpaired) electrons. The molecule has 4 nitrogen and oxygen atoms in total. The standard InChI is InChI=1S/C15H28N2O2/c1-11(14-5-6-14)17-9-13(4-3-7-18)8-15(10-17)16-12(2)19/h11,13-15,18H,3-10H2,1-2H3,(H,16,19). The Bertz CT molecular complexity index is 305. The molecule has 0 aromatic heterocycles. The van der Waals surface area contributed by atoms with Crippen molar-refractivity contribution in [1.82, 2.24) is 10.2 Å². The van der Waals surface area contributed by atoms with E-state index in [1.807, 2.05) is 0 Å². The summed E-state index contributed by atoms with van der Waals surface area (Å²) in [7, 11) is 0. The maximum atomic E-state index is 11.3. The van der Waals surface area contributed by atoms with Crippen molar-refractivity contribution in [1.29, 1.82) is 0 Å². The summed E-state index contributed by atoms with van der Waals surface area (Å²) >= 11 is 0. The molecule has 0 aromatic carbocycles. The highest BCUT2D eigenvalue weighted by molar-refractivity contribution is 5.73. The third-order valence-electron chi connectivity index (χ3n) is 4.62. The molecule has 3 atom stereocenters. The van der Waals surface area contributed by atoms with Crippen molar-refractivity contribution in [2.24, 2.45) is 11.8 Å². The number of piperidine rings is 1. The quantitative estimate of drug-likeness (QED) is 0.765. The summed E-state index contributed by atoms with van der Waals surface area (Å²) in [6.45, 7) is 6.34. The first-order valence-corrected chi connectivity index (χ1v) is 7.72. The molecule has 1 aliphatic carbocycles. The summed E-state index contributed by atoms with van der Waals surface area (Å²) in [5.41, 5.74) is 0. The molecule has 110 valence electrons. The highest BCUT2D eigenvalue weighted by Crippen LogP contribution is 2.37. The number of nitrogens with one attached hydrogen (secondary N) is 1. The van der Waals surface area contributed by atoms with Crippen molar-refractivity contribution in [3.8, 4) is 0 Å². The Morgan fingerprint density at radius 1 is 1.42 bits per heavy atom. The van der Waals surface area contributed by atoms with Crippen molar-refractivity contribution in [3.63, 3.8) is 0 Å². The molecule has 1 saturated heterocycles. The van der Waals surface area contributed by atoms with Crippen LogP contribution < -0.4 is 5.32 Å². The van der Waals surface area contributed by atoms with E-state index in [1.165, 1.54) is 12.8 Å². The van der Waals surface area contributed by atoms with Crippen LogP contribution in [0.3, 0.4) is 0 Å². The van der Waals surface area contributed by atoms with Gasteiger partial charge in [-0.15, -0.1) is 0 Å². The van der Waals surface area contributed by atoms with Gasteiger partial charge in [0.05, 0.1) is 0 Å². The second-order valence-corrected chi connectivity index (χ2v) is 6.40. The van der Waals surface area contributed by atoms with Crippen LogP contribution in [0.4, 0.5) is 0 Å². The lowest BCUT2D eigenvalue weighted by Crippen LogP contribution is -2.53. The van der Waals surface area contributed by atoms with Crippen LogP contribution in [0.25, 0.3) is 0 Å². The Hall–Kier alpha value is -0.610. The number of likely N-dealkylation sites (tertiary alicyclic amines) is 1. The van der Waals surface area contributed by atoms with Crippen LogP contribution in [0.1, 0.15) is 46.0 Å². The average molecular weight is 268 g/mol. The molecule has 1 amide bonds. The van der Waals surface area contributed by atoms with Gasteiger partial charge in [0, 0.05) is 38.7 Å². The number of amides is 1. The molecule has 0 bridgehead atoms. The second kappa shape index (κ2) is 6.71. The number of hydrogen-bond donors (Lipinski definition) is 2. The van der Waals surface area contributed by atoms with Crippen LogP contribution in [0.15, 0.2) is 0 Å². The lowest BCUT2D eigenvalue weighted by molar-refractivity contribution is -0.120. The van der Waals surface area contributed by atoms with Gasteiger partial charge in [0.15, 0.2) is 0 Å². The third kappa shape index (κ3) is 4.46. The molecule has 4 heteroatoms. The normalized spacial score (nSPS) is 30.1. The van der Waals surface area contributed by atoms with Gasteiger partial charge in [-0.3, -0.25) is 9.69 Å². The largest absolute Gasteiger partial charge is 0.396 e. The van der Waals surface area contributed by atoms with E-state index in [0.29, 0.717) is 12.0 Å². The Labute approximate surface area is 116 Å². The van der Waals surface area contributed by atoms with Crippen LogP contribution in [0.5, 0.6) is 0 Å². The molecule has 2 aliphatic rings. The third-order valence-corrected chi connectivity index (χ3v) is 4.62. The van der Waals surface area contributed by atoms with Gasteiger partial charge in [0.1, 0.15) is 0 Å². The number of rotatable bonds is 6.